The fourth-order valence-corrected chi connectivity index (χ4v) is 4.69. The number of hydrogen-bond donors (Lipinski definition) is 0. The van der Waals surface area contributed by atoms with E-state index in [4.69, 9.17) is 35.8 Å². The lowest BCUT2D eigenvalue weighted by atomic mass is 9.84. The lowest BCUT2D eigenvalue weighted by molar-refractivity contribution is 0.253. The molecule has 1 unspecified atom stereocenters. The van der Waals surface area contributed by atoms with E-state index in [2.05, 4.69) is 27.7 Å². The molecule has 0 aliphatic carbocycles. The largest absolute Gasteiger partial charge is 0.480 e. The number of hydrogen-bond acceptors (Lipinski definition) is 5. The maximum Gasteiger partial charge on any atom is 0.212 e. The van der Waals surface area contributed by atoms with Gasteiger partial charge in [-0.3, -0.25) is 0 Å². The predicted molar refractivity (Wildman–Crippen MR) is 141 cm³/mol. The van der Waals surface area contributed by atoms with Crippen LogP contribution in [0.1, 0.15) is 65.0 Å². The minimum absolute atomic E-state index is 0.110. The first-order valence-corrected chi connectivity index (χ1v) is 12.5. The van der Waals surface area contributed by atoms with Crippen molar-refractivity contribution >= 4 is 23.4 Å². The van der Waals surface area contributed by atoms with Gasteiger partial charge < -0.3 is 14.2 Å². The first-order valence-electron chi connectivity index (χ1n) is 12.1. The van der Waals surface area contributed by atoms with Gasteiger partial charge in [-0.05, 0) is 81.3 Å². The van der Waals surface area contributed by atoms with E-state index in [1.165, 1.54) is 0 Å². The lowest BCUT2D eigenvalue weighted by Gasteiger charge is -2.36. The molecule has 0 saturated heterocycles. The summed E-state index contributed by atoms with van der Waals surface area (Å²) in [6, 6.07) is 13.7. The molecule has 0 aromatic heterocycles. The summed E-state index contributed by atoms with van der Waals surface area (Å²) in [6.07, 6.45) is 0.686. The van der Waals surface area contributed by atoms with E-state index >= 15 is 0 Å². The first-order chi connectivity index (χ1) is 16.2. The molecule has 34 heavy (non-hydrogen) atoms. The van der Waals surface area contributed by atoms with Crippen LogP contribution in [0.2, 0.25) is 5.02 Å². The number of rotatable bonds is 8. The Balaban J connectivity index is 1.84. The summed E-state index contributed by atoms with van der Waals surface area (Å²) in [5.41, 5.74) is 1.55. The van der Waals surface area contributed by atoms with E-state index in [0.717, 1.165) is 16.9 Å². The van der Waals surface area contributed by atoms with Crippen LogP contribution >= 0.6 is 11.6 Å². The molecular formula is C28H37ClN2O3. The molecule has 2 aromatic rings. The molecule has 6 heteroatoms. The van der Waals surface area contributed by atoms with Gasteiger partial charge in [0.05, 0.1) is 13.2 Å². The fourth-order valence-electron chi connectivity index (χ4n) is 4.33. The monoisotopic (exact) mass is 484 g/mol. The Hall–Kier alpha value is -2.53. The molecule has 184 valence electrons. The molecule has 0 amide bonds. The van der Waals surface area contributed by atoms with E-state index < -0.39 is 5.54 Å². The molecule has 2 aromatic carbocycles. The number of aliphatic imine (C=N–C) groups is 2. The van der Waals surface area contributed by atoms with Crippen LogP contribution in [0.25, 0.3) is 0 Å². The molecule has 1 aliphatic heterocycles. The molecule has 3 rings (SSSR count). The zero-order valence-electron chi connectivity index (χ0n) is 21.4. The number of nitrogens with zero attached hydrogens (tertiary/aromatic N) is 2. The van der Waals surface area contributed by atoms with Crippen molar-refractivity contribution in [1.82, 2.24) is 0 Å². The highest BCUT2D eigenvalue weighted by Gasteiger charge is 2.41. The molecule has 0 saturated carbocycles. The van der Waals surface area contributed by atoms with Crippen molar-refractivity contribution in [2.75, 3.05) is 13.2 Å². The number of benzene rings is 2. The van der Waals surface area contributed by atoms with Gasteiger partial charge in [-0.25, -0.2) is 9.98 Å². The number of halogens is 1. The normalized spacial score (nSPS) is 21.0. The smallest absolute Gasteiger partial charge is 0.212 e. The number of aryl methyl sites for hydroxylation is 1. The van der Waals surface area contributed by atoms with Crippen LogP contribution in [-0.4, -0.2) is 36.6 Å². The van der Waals surface area contributed by atoms with Crippen LogP contribution in [0.15, 0.2) is 52.4 Å². The molecule has 0 bridgehead atoms. The zero-order chi connectivity index (χ0) is 24.9. The van der Waals surface area contributed by atoms with Gasteiger partial charge >= 0.3 is 0 Å². The second-order valence-corrected chi connectivity index (χ2v) is 9.83. The summed E-state index contributed by atoms with van der Waals surface area (Å²) in [5, 5.41) is 0.668. The van der Waals surface area contributed by atoms with Gasteiger partial charge in [0, 0.05) is 5.02 Å². The van der Waals surface area contributed by atoms with Crippen LogP contribution < -0.4 is 4.74 Å². The van der Waals surface area contributed by atoms with Crippen LogP contribution in [-0.2, 0) is 9.47 Å². The topological polar surface area (TPSA) is 52.4 Å². The van der Waals surface area contributed by atoms with Crippen LogP contribution in [0.5, 0.6) is 11.5 Å². The summed E-state index contributed by atoms with van der Waals surface area (Å²) in [6.45, 7) is 15.6. The Morgan fingerprint density at radius 1 is 1.00 bits per heavy atom. The molecular weight excluding hydrogens is 448 g/mol. The molecule has 5 nitrogen and oxygen atoms in total. The quantitative estimate of drug-likeness (QED) is 0.387. The highest BCUT2D eigenvalue weighted by molar-refractivity contribution is 6.31. The highest BCUT2D eigenvalue weighted by atomic mass is 35.5. The maximum absolute atomic E-state index is 6.72. The lowest BCUT2D eigenvalue weighted by Crippen LogP contribution is -2.46. The van der Waals surface area contributed by atoms with Crippen LogP contribution in [0.4, 0.5) is 0 Å². The van der Waals surface area contributed by atoms with Gasteiger partial charge in [-0.15, -0.1) is 0 Å². The van der Waals surface area contributed by atoms with Gasteiger partial charge in [-0.2, -0.15) is 0 Å². The summed E-state index contributed by atoms with van der Waals surface area (Å²) < 4.78 is 17.9. The van der Waals surface area contributed by atoms with Gasteiger partial charge in [0.1, 0.15) is 23.1 Å². The van der Waals surface area contributed by atoms with Gasteiger partial charge in [-0.1, -0.05) is 50.6 Å². The summed E-state index contributed by atoms with van der Waals surface area (Å²) in [7, 11) is 0. The Bertz CT molecular complexity index is 1050. The zero-order valence-corrected chi connectivity index (χ0v) is 22.1. The Kier molecular flexibility index (Phi) is 8.64. The van der Waals surface area contributed by atoms with E-state index in [9.17, 15) is 0 Å². The average Bonchev–Trinajstić information content (AvgIpc) is 2.75. The molecule has 0 fully saturated rings. The van der Waals surface area contributed by atoms with E-state index in [1.807, 2.05) is 63.2 Å². The molecule has 0 radical (unpaired) electrons. The third kappa shape index (κ3) is 6.12. The Labute approximate surface area is 209 Å². The van der Waals surface area contributed by atoms with E-state index in [0.29, 0.717) is 42.2 Å². The average molecular weight is 485 g/mol. The number of ether oxygens (including phenoxy) is 3. The Morgan fingerprint density at radius 3 is 2.32 bits per heavy atom. The third-order valence-electron chi connectivity index (χ3n) is 5.96. The summed E-state index contributed by atoms with van der Waals surface area (Å²) >= 11 is 6.72. The van der Waals surface area contributed by atoms with Crippen molar-refractivity contribution in [2.45, 2.75) is 72.4 Å². The second kappa shape index (κ2) is 11.3. The van der Waals surface area contributed by atoms with Crippen molar-refractivity contribution in [3.05, 3.63) is 58.6 Å². The first kappa shape index (κ1) is 26.1. The third-order valence-corrected chi connectivity index (χ3v) is 6.29. The SMILES string of the molecule is CCOC1=N[C@](C)(CC(C)c2ccc(Oc3cccc(C)c3)cc2Cl)C(OCC)=N[C@H]1C(C)C. The fraction of sp³-hybridized carbons (Fsp3) is 0.500. The minimum Gasteiger partial charge on any atom is -0.480 e. The van der Waals surface area contributed by atoms with Gasteiger partial charge in [0.15, 0.2) is 0 Å². The van der Waals surface area contributed by atoms with Crippen molar-refractivity contribution in [3.8, 4) is 11.5 Å². The second-order valence-electron chi connectivity index (χ2n) is 9.42. The Morgan fingerprint density at radius 2 is 1.71 bits per heavy atom. The molecule has 1 heterocycles. The van der Waals surface area contributed by atoms with E-state index in [1.54, 1.807) is 0 Å². The molecule has 1 aliphatic rings. The van der Waals surface area contributed by atoms with Crippen LogP contribution in [0, 0.1) is 12.8 Å². The van der Waals surface area contributed by atoms with Crippen molar-refractivity contribution in [3.63, 3.8) is 0 Å². The summed E-state index contributed by atoms with van der Waals surface area (Å²) in [4.78, 5) is 10.0. The minimum atomic E-state index is -0.634. The molecule has 3 atom stereocenters. The van der Waals surface area contributed by atoms with Crippen LogP contribution in [0.3, 0.4) is 0 Å². The predicted octanol–water partition coefficient (Wildman–Crippen LogP) is 7.60. The molecule has 0 N–H and O–H groups in total. The van der Waals surface area contributed by atoms with Crippen molar-refractivity contribution < 1.29 is 14.2 Å². The van der Waals surface area contributed by atoms with Gasteiger partial charge in [0.2, 0.25) is 11.8 Å². The van der Waals surface area contributed by atoms with Crippen molar-refractivity contribution in [1.29, 1.82) is 0 Å². The highest BCUT2D eigenvalue weighted by Crippen LogP contribution is 2.38. The van der Waals surface area contributed by atoms with Gasteiger partial charge in [0.25, 0.3) is 0 Å². The summed E-state index contributed by atoms with van der Waals surface area (Å²) in [5.74, 6) is 3.23. The molecule has 0 spiro atoms. The van der Waals surface area contributed by atoms with Crippen molar-refractivity contribution in [2.24, 2.45) is 15.9 Å². The standard InChI is InChI=1S/C28H37ClN2O3/c1-8-32-26-25(18(3)4)30-27(33-9-2)28(7,31-26)17-20(6)23-14-13-22(16-24(23)29)34-21-12-10-11-19(5)15-21/h10-16,18,20,25H,8-9,17H2,1-7H3/t20?,25-,28+/m0/s1. The maximum atomic E-state index is 6.72. The van der Waals surface area contributed by atoms with E-state index in [-0.39, 0.29) is 17.9 Å².